The van der Waals surface area contributed by atoms with E-state index >= 15 is 0 Å². The Labute approximate surface area is 367 Å². The molecule has 1 unspecified atom stereocenters. The zero-order valence-corrected chi connectivity index (χ0v) is 38.6. The normalized spacial score (nSPS) is 36.0. The third-order valence-electron chi connectivity index (χ3n) is 13.6. The van der Waals surface area contributed by atoms with Gasteiger partial charge in [-0.25, -0.2) is 4.79 Å². The van der Waals surface area contributed by atoms with Crippen LogP contribution in [-0.2, 0) is 41.5 Å². The second-order valence-corrected chi connectivity index (χ2v) is 19.7. The van der Waals surface area contributed by atoms with E-state index in [0.717, 1.165) is 30.1 Å². The molecule has 334 valence electrons. The van der Waals surface area contributed by atoms with Crippen molar-refractivity contribution in [1.82, 2.24) is 15.1 Å². The summed E-state index contributed by atoms with van der Waals surface area (Å²) in [5.74, 6) is 3.53. The van der Waals surface area contributed by atoms with Crippen molar-refractivity contribution < 1.29 is 38.4 Å². The molecule has 2 N–H and O–H groups in total. The number of carbonyl (C=O) groups excluding carboxylic acids is 3. The number of ketones is 1. The Morgan fingerprint density at radius 2 is 1.79 bits per heavy atom. The van der Waals surface area contributed by atoms with E-state index in [1.807, 2.05) is 51.9 Å². The highest BCUT2D eigenvalue weighted by Gasteiger charge is 2.60. The lowest BCUT2D eigenvalue weighted by Crippen LogP contribution is -2.58. The number of aliphatic hydroxyl groups is 1. The molecule has 2 bridgehead atoms. The number of esters is 1. The van der Waals surface area contributed by atoms with Gasteiger partial charge in [0.05, 0.1) is 29.7 Å². The molecule has 13 atom stereocenters. The summed E-state index contributed by atoms with van der Waals surface area (Å²) in [6.45, 7) is 17.8. The van der Waals surface area contributed by atoms with Gasteiger partial charge < -0.3 is 34.3 Å². The minimum absolute atomic E-state index is 0.140. The standard InChI is InChI=1S/C48H68N4O8S/c1-11-38-48(8)42-31(4)39(50-24-25-52(42)46(56)60-48)29(2)27-47(7,22-15-18-35-19-20-36(61-35)28-49-23-21-34-16-13-12-14-17-34)43(32(5)40(53)33(6)44(55)58-38)59-45-41(54)37(51(9)10)26-30(3)57-45/h12-14,16-17,19-20,29-33,37-38,41-43,45,49,54H,11,21-28H2,1-10H3/t29-,30-,31-,32+,33-,37+,38+,41-,42-,43-,45?,47+,48-/m1/s1. The van der Waals surface area contributed by atoms with Crippen molar-refractivity contribution in [2.75, 3.05) is 33.7 Å². The first-order valence-electron chi connectivity index (χ1n) is 22.2. The maximum Gasteiger partial charge on any atom is 0.410 e. The van der Waals surface area contributed by atoms with Crippen LogP contribution in [0.2, 0.25) is 0 Å². The quantitative estimate of drug-likeness (QED) is 0.118. The summed E-state index contributed by atoms with van der Waals surface area (Å²) in [5.41, 5.74) is 0.234. The molecule has 1 aromatic carbocycles. The first-order chi connectivity index (χ1) is 29.0. The zero-order chi connectivity index (χ0) is 44.2. The van der Waals surface area contributed by atoms with Crippen LogP contribution in [0.15, 0.2) is 47.5 Å². The van der Waals surface area contributed by atoms with Gasteiger partial charge in [-0.05, 0) is 90.7 Å². The molecule has 12 nitrogen and oxygen atoms in total. The number of nitrogens with zero attached hydrogens (tertiary/aromatic N) is 3. The summed E-state index contributed by atoms with van der Waals surface area (Å²) < 4.78 is 25.7. The van der Waals surface area contributed by atoms with E-state index in [4.69, 9.17) is 23.9 Å². The van der Waals surface area contributed by atoms with E-state index < -0.39 is 65.6 Å². The number of cyclic esters (lactones) is 1. The number of fused-ring (bicyclic) bond motifs is 1. The average Bonchev–Trinajstić information content (AvgIpc) is 3.72. The number of rotatable bonds is 10. The smallest absolute Gasteiger partial charge is 0.410 e. The Morgan fingerprint density at radius 3 is 2.49 bits per heavy atom. The third-order valence-corrected chi connectivity index (χ3v) is 14.6. The fourth-order valence-electron chi connectivity index (χ4n) is 10.4. The minimum Gasteiger partial charge on any atom is -0.458 e. The summed E-state index contributed by atoms with van der Waals surface area (Å²) in [7, 11) is 3.85. The fraction of sp³-hybridized carbons (Fsp3) is 0.667. The van der Waals surface area contributed by atoms with E-state index in [1.165, 1.54) is 10.4 Å². The van der Waals surface area contributed by atoms with Crippen molar-refractivity contribution in [1.29, 1.82) is 0 Å². The van der Waals surface area contributed by atoms with Crippen LogP contribution in [-0.4, -0.2) is 121 Å². The van der Waals surface area contributed by atoms with Crippen molar-refractivity contribution in [3.05, 3.63) is 57.8 Å². The summed E-state index contributed by atoms with van der Waals surface area (Å²) in [6, 6.07) is 13.9. The lowest BCUT2D eigenvalue weighted by atomic mass is 9.66. The van der Waals surface area contributed by atoms with Crippen LogP contribution in [0.3, 0.4) is 0 Å². The van der Waals surface area contributed by atoms with E-state index in [2.05, 4.69) is 68.3 Å². The van der Waals surface area contributed by atoms with Gasteiger partial charge in [0.1, 0.15) is 18.1 Å². The molecule has 4 aliphatic rings. The number of Topliss-reactive ketones (excluding diaryl/α,β-unsaturated/α-hetero) is 1. The van der Waals surface area contributed by atoms with E-state index in [1.54, 1.807) is 30.1 Å². The topological polar surface area (TPSA) is 139 Å². The second kappa shape index (κ2) is 19.8. The van der Waals surface area contributed by atoms with Gasteiger partial charge in [-0.3, -0.25) is 19.5 Å². The van der Waals surface area contributed by atoms with Gasteiger partial charge in [-0.1, -0.05) is 76.8 Å². The SMILES string of the molecule is CC[C@@H]1OC(=O)[C@H](C)C(=O)[C@H](C)[C@@H](OC2O[C@H](C)C[C@H](N(C)C)[C@H]2O)[C@@](C)(CC#Cc2ccc(CNCCc3ccccc3)s2)C[C@@H](C)C2=NCCN3C(=O)O[C@@]1(C)[C@H]3[C@@H]2C. The molecule has 5 heterocycles. The summed E-state index contributed by atoms with van der Waals surface area (Å²) in [5, 5.41) is 15.3. The highest BCUT2D eigenvalue weighted by atomic mass is 32.1. The number of carbonyl (C=O) groups is 3. The molecule has 6 rings (SSSR count). The predicted molar refractivity (Wildman–Crippen MR) is 237 cm³/mol. The monoisotopic (exact) mass is 860 g/mol. The number of hydrogen-bond acceptors (Lipinski definition) is 12. The van der Waals surface area contributed by atoms with Crippen molar-refractivity contribution in [2.45, 2.75) is 142 Å². The Kier molecular flexibility index (Phi) is 15.2. The van der Waals surface area contributed by atoms with Gasteiger partial charge in [-0.2, -0.15) is 0 Å². The molecule has 3 fully saturated rings. The van der Waals surface area contributed by atoms with Crippen LogP contribution in [0.25, 0.3) is 0 Å². The molecule has 0 aliphatic carbocycles. The van der Waals surface area contributed by atoms with Crippen molar-refractivity contribution in [3.63, 3.8) is 0 Å². The molecular formula is C48H68N4O8S. The fourth-order valence-corrected chi connectivity index (χ4v) is 11.3. The van der Waals surface area contributed by atoms with Gasteiger partial charge in [0.25, 0.3) is 0 Å². The Morgan fingerprint density at radius 1 is 1.05 bits per heavy atom. The maximum absolute atomic E-state index is 14.7. The zero-order valence-electron chi connectivity index (χ0n) is 37.8. The molecule has 61 heavy (non-hydrogen) atoms. The largest absolute Gasteiger partial charge is 0.458 e. The van der Waals surface area contributed by atoms with Gasteiger partial charge >= 0.3 is 12.1 Å². The van der Waals surface area contributed by atoms with Gasteiger partial charge in [0.2, 0.25) is 0 Å². The predicted octanol–water partition coefficient (Wildman–Crippen LogP) is 6.51. The van der Waals surface area contributed by atoms with E-state index in [9.17, 15) is 19.5 Å². The number of nitrogens with one attached hydrogen (secondary N) is 1. The summed E-state index contributed by atoms with van der Waals surface area (Å²) >= 11 is 1.65. The Bertz CT molecular complexity index is 1940. The molecule has 3 saturated heterocycles. The van der Waals surface area contributed by atoms with Crippen LogP contribution in [0.1, 0.15) is 96.4 Å². The first kappa shape index (κ1) is 46.9. The molecule has 0 radical (unpaired) electrons. The van der Waals surface area contributed by atoms with Gasteiger partial charge in [0, 0.05) is 53.4 Å². The second-order valence-electron chi connectivity index (χ2n) is 18.6. The molecular weight excluding hydrogens is 793 g/mol. The molecule has 13 heteroatoms. The molecule has 0 saturated carbocycles. The lowest BCUT2D eigenvalue weighted by Gasteiger charge is -2.47. The molecule has 0 spiro atoms. The summed E-state index contributed by atoms with van der Waals surface area (Å²) in [6.07, 6.45) is -1.54. The molecule has 1 aromatic heterocycles. The average molecular weight is 861 g/mol. The number of likely N-dealkylation sites (N-methyl/N-ethyl adjacent to an activating group) is 1. The number of aliphatic hydroxyl groups excluding tert-OH is 1. The van der Waals surface area contributed by atoms with Crippen molar-refractivity contribution in [2.24, 2.45) is 34.1 Å². The molecule has 1 amide bonds. The highest BCUT2D eigenvalue weighted by Crippen LogP contribution is 2.46. The number of aliphatic imine (C=N–C) groups is 1. The molecule has 2 aromatic rings. The van der Waals surface area contributed by atoms with E-state index in [-0.39, 0.29) is 29.8 Å². The number of benzene rings is 1. The third kappa shape index (κ3) is 10.3. The number of ether oxygens (including phenoxy) is 4. The van der Waals surface area contributed by atoms with Gasteiger partial charge in [-0.15, -0.1) is 11.3 Å². The highest BCUT2D eigenvalue weighted by molar-refractivity contribution is 7.12. The number of hydrogen-bond donors (Lipinski definition) is 2. The first-order valence-corrected chi connectivity index (χ1v) is 23.0. The molecule has 4 aliphatic heterocycles. The van der Waals surface area contributed by atoms with Crippen LogP contribution >= 0.6 is 11.3 Å². The van der Waals surface area contributed by atoms with Crippen molar-refractivity contribution >= 4 is 34.9 Å². The van der Waals surface area contributed by atoms with Crippen LogP contribution in [0, 0.1) is 40.9 Å². The van der Waals surface area contributed by atoms with Crippen LogP contribution < -0.4 is 5.32 Å². The Hall–Kier alpha value is -3.64. The Balaban J connectivity index is 1.36. The van der Waals surface area contributed by atoms with Gasteiger partial charge in [0.15, 0.2) is 17.7 Å². The summed E-state index contributed by atoms with van der Waals surface area (Å²) in [4.78, 5) is 53.3. The van der Waals surface area contributed by atoms with Crippen LogP contribution in [0.4, 0.5) is 4.79 Å². The van der Waals surface area contributed by atoms with Crippen LogP contribution in [0.5, 0.6) is 0 Å². The van der Waals surface area contributed by atoms with Crippen molar-refractivity contribution in [3.8, 4) is 11.8 Å². The van der Waals surface area contributed by atoms with E-state index in [0.29, 0.717) is 38.8 Å². The number of amides is 1. The number of thiophene rings is 1. The maximum atomic E-state index is 14.7. The minimum atomic E-state index is -1.17. The lowest BCUT2D eigenvalue weighted by molar-refractivity contribution is -0.286.